The number of hydrogen-bond donors (Lipinski definition) is 2. The van der Waals surface area contributed by atoms with Crippen LogP contribution in [0.3, 0.4) is 0 Å². The highest BCUT2D eigenvalue weighted by Gasteiger charge is 2.29. The van der Waals surface area contributed by atoms with E-state index in [9.17, 15) is 0 Å². The standard InChI is InChI=1S/C20H19N3/c1-13-12-23(20(21)22)18-11-10-16-15(14-6-3-2-4-7-14)8-5-9-17(16)19(13)18/h2-11,13H,12H2,1H3,(H3,21,22). The van der Waals surface area contributed by atoms with Gasteiger partial charge in [0.1, 0.15) is 0 Å². The van der Waals surface area contributed by atoms with Crippen molar-refractivity contribution in [3.8, 4) is 11.1 Å². The van der Waals surface area contributed by atoms with Crippen molar-refractivity contribution in [1.29, 1.82) is 5.41 Å². The molecule has 1 heterocycles. The molecule has 1 aliphatic rings. The van der Waals surface area contributed by atoms with Crippen molar-refractivity contribution in [1.82, 2.24) is 0 Å². The first-order valence-electron chi connectivity index (χ1n) is 7.89. The number of rotatable bonds is 1. The summed E-state index contributed by atoms with van der Waals surface area (Å²) in [5.74, 6) is 0.484. The van der Waals surface area contributed by atoms with Crippen LogP contribution in [0, 0.1) is 5.41 Å². The lowest BCUT2D eigenvalue weighted by Crippen LogP contribution is -2.35. The van der Waals surface area contributed by atoms with E-state index in [2.05, 4.69) is 61.5 Å². The van der Waals surface area contributed by atoms with E-state index in [4.69, 9.17) is 11.1 Å². The van der Waals surface area contributed by atoms with Gasteiger partial charge in [0.25, 0.3) is 0 Å². The summed E-state index contributed by atoms with van der Waals surface area (Å²) in [6.45, 7) is 2.98. The fraction of sp³-hybridized carbons (Fsp3) is 0.150. The SMILES string of the molecule is CC1CN(C(=N)N)c2ccc3c(-c4ccccc4)cccc3c21. The Morgan fingerprint density at radius 1 is 1.00 bits per heavy atom. The zero-order valence-electron chi connectivity index (χ0n) is 13.1. The molecule has 1 aliphatic heterocycles. The number of anilines is 1. The van der Waals surface area contributed by atoms with Gasteiger partial charge in [-0.25, -0.2) is 0 Å². The van der Waals surface area contributed by atoms with E-state index in [1.54, 1.807) is 0 Å². The molecule has 0 radical (unpaired) electrons. The molecule has 114 valence electrons. The number of hydrogen-bond acceptors (Lipinski definition) is 1. The van der Waals surface area contributed by atoms with Gasteiger partial charge in [0.15, 0.2) is 5.96 Å². The molecule has 0 saturated heterocycles. The predicted octanol–water partition coefficient (Wildman–Crippen LogP) is 4.32. The molecule has 3 heteroatoms. The molecule has 3 nitrogen and oxygen atoms in total. The maximum atomic E-state index is 7.80. The van der Waals surface area contributed by atoms with Crippen molar-refractivity contribution in [2.24, 2.45) is 5.73 Å². The summed E-state index contributed by atoms with van der Waals surface area (Å²) in [5.41, 5.74) is 10.6. The normalized spacial score (nSPS) is 16.6. The molecule has 4 rings (SSSR count). The summed E-state index contributed by atoms with van der Waals surface area (Å²) in [7, 11) is 0. The van der Waals surface area contributed by atoms with Crippen molar-refractivity contribution in [2.45, 2.75) is 12.8 Å². The van der Waals surface area contributed by atoms with Crippen LogP contribution in [-0.4, -0.2) is 12.5 Å². The Morgan fingerprint density at radius 2 is 1.78 bits per heavy atom. The van der Waals surface area contributed by atoms with Crippen LogP contribution in [0.25, 0.3) is 21.9 Å². The van der Waals surface area contributed by atoms with Crippen LogP contribution >= 0.6 is 0 Å². The van der Waals surface area contributed by atoms with E-state index in [0.29, 0.717) is 5.92 Å². The number of nitrogens with zero attached hydrogens (tertiary/aromatic N) is 1. The Balaban J connectivity index is 1.99. The molecule has 3 N–H and O–H groups in total. The van der Waals surface area contributed by atoms with Crippen molar-refractivity contribution in [3.63, 3.8) is 0 Å². The molecule has 23 heavy (non-hydrogen) atoms. The minimum Gasteiger partial charge on any atom is -0.370 e. The number of nitrogens with two attached hydrogens (primary N) is 1. The van der Waals surface area contributed by atoms with Gasteiger partial charge in [-0.05, 0) is 33.5 Å². The summed E-state index contributed by atoms with van der Waals surface area (Å²) in [5, 5.41) is 10.3. The molecule has 3 aromatic rings. The van der Waals surface area contributed by atoms with Crippen molar-refractivity contribution in [3.05, 3.63) is 66.2 Å². The van der Waals surface area contributed by atoms with Gasteiger partial charge in [0.2, 0.25) is 0 Å². The molecule has 1 unspecified atom stereocenters. The van der Waals surface area contributed by atoms with Crippen LogP contribution in [0.15, 0.2) is 60.7 Å². The van der Waals surface area contributed by atoms with Gasteiger partial charge in [0.05, 0.1) is 0 Å². The number of nitrogens with one attached hydrogen (secondary N) is 1. The van der Waals surface area contributed by atoms with E-state index < -0.39 is 0 Å². The van der Waals surface area contributed by atoms with Crippen LogP contribution in [-0.2, 0) is 0 Å². The largest absolute Gasteiger partial charge is 0.370 e. The minimum absolute atomic E-state index is 0.120. The molecule has 0 amide bonds. The second-order valence-corrected chi connectivity index (χ2v) is 6.16. The maximum absolute atomic E-state index is 7.80. The lowest BCUT2D eigenvalue weighted by molar-refractivity contribution is 0.822. The highest BCUT2D eigenvalue weighted by atomic mass is 15.2. The number of fused-ring (bicyclic) bond motifs is 3. The average molecular weight is 301 g/mol. The molecule has 1 atom stereocenters. The predicted molar refractivity (Wildman–Crippen MR) is 97.1 cm³/mol. The minimum atomic E-state index is 0.120. The summed E-state index contributed by atoms with van der Waals surface area (Å²) in [6.07, 6.45) is 0. The second kappa shape index (κ2) is 5.13. The smallest absolute Gasteiger partial charge is 0.192 e. The molecule has 0 aromatic heterocycles. The van der Waals surface area contributed by atoms with Gasteiger partial charge in [-0.2, -0.15) is 0 Å². The van der Waals surface area contributed by atoms with E-state index in [1.807, 2.05) is 11.0 Å². The Labute approximate surface area is 135 Å². The molecule has 0 spiro atoms. The first-order chi connectivity index (χ1) is 11.2. The second-order valence-electron chi connectivity index (χ2n) is 6.16. The third-order valence-corrected chi connectivity index (χ3v) is 4.70. The van der Waals surface area contributed by atoms with Crippen LogP contribution in [0.4, 0.5) is 5.69 Å². The maximum Gasteiger partial charge on any atom is 0.192 e. The van der Waals surface area contributed by atoms with Crippen LogP contribution in [0.1, 0.15) is 18.4 Å². The molecule has 0 aliphatic carbocycles. The van der Waals surface area contributed by atoms with Gasteiger partial charge >= 0.3 is 0 Å². The fourth-order valence-electron chi connectivity index (χ4n) is 3.68. The molecule has 0 bridgehead atoms. The zero-order valence-corrected chi connectivity index (χ0v) is 13.1. The molecular weight excluding hydrogens is 282 g/mol. The molecule has 0 fully saturated rings. The lowest BCUT2D eigenvalue weighted by Gasteiger charge is -2.17. The van der Waals surface area contributed by atoms with Gasteiger partial charge in [-0.1, -0.05) is 61.5 Å². The summed E-state index contributed by atoms with van der Waals surface area (Å²) in [6, 6.07) is 21.2. The fourth-order valence-corrected chi connectivity index (χ4v) is 3.68. The Hall–Kier alpha value is -2.81. The summed E-state index contributed by atoms with van der Waals surface area (Å²) >= 11 is 0. The van der Waals surface area contributed by atoms with Gasteiger partial charge < -0.3 is 10.6 Å². The van der Waals surface area contributed by atoms with Crippen LogP contribution in [0.5, 0.6) is 0 Å². The summed E-state index contributed by atoms with van der Waals surface area (Å²) in [4.78, 5) is 1.90. The third kappa shape index (κ3) is 2.08. The van der Waals surface area contributed by atoms with E-state index in [1.165, 1.54) is 27.5 Å². The van der Waals surface area contributed by atoms with Crippen LogP contribution in [0.2, 0.25) is 0 Å². The first-order valence-corrected chi connectivity index (χ1v) is 7.89. The number of benzene rings is 3. The van der Waals surface area contributed by atoms with E-state index in [-0.39, 0.29) is 5.96 Å². The van der Waals surface area contributed by atoms with E-state index in [0.717, 1.165) is 12.2 Å². The highest BCUT2D eigenvalue weighted by Crippen LogP contribution is 2.42. The van der Waals surface area contributed by atoms with Gasteiger partial charge in [-0.15, -0.1) is 0 Å². The van der Waals surface area contributed by atoms with E-state index >= 15 is 0 Å². The Morgan fingerprint density at radius 3 is 2.52 bits per heavy atom. The highest BCUT2D eigenvalue weighted by molar-refractivity contribution is 6.05. The quantitative estimate of drug-likeness (QED) is 0.519. The average Bonchev–Trinajstić information content (AvgIpc) is 2.93. The summed E-state index contributed by atoms with van der Waals surface area (Å²) < 4.78 is 0. The zero-order chi connectivity index (χ0) is 16.0. The third-order valence-electron chi connectivity index (χ3n) is 4.70. The van der Waals surface area contributed by atoms with Crippen molar-refractivity contribution in [2.75, 3.05) is 11.4 Å². The van der Waals surface area contributed by atoms with Crippen molar-refractivity contribution < 1.29 is 0 Å². The molecular formula is C20H19N3. The monoisotopic (exact) mass is 301 g/mol. The van der Waals surface area contributed by atoms with Gasteiger partial charge in [0, 0.05) is 18.2 Å². The molecule has 0 saturated carbocycles. The lowest BCUT2D eigenvalue weighted by atomic mass is 9.91. The number of guanidine groups is 1. The topological polar surface area (TPSA) is 53.1 Å². The van der Waals surface area contributed by atoms with Crippen molar-refractivity contribution >= 4 is 22.4 Å². The first kappa shape index (κ1) is 13.8. The van der Waals surface area contributed by atoms with Crippen LogP contribution < -0.4 is 10.6 Å². The Bertz CT molecular complexity index is 899. The van der Waals surface area contributed by atoms with Gasteiger partial charge in [-0.3, -0.25) is 5.41 Å². The Kier molecular flexibility index (Phi) is 3.08. The molecule has 3 aromatic carbocycles.